The molecular weight excluding hydrogens is 358 g/mol. The van der Waals surface area contributed by atoms with Gasteiger partial charge in [0.25, 0.3) is 5.69 Å². The van der Waals surface area contributed by atoms with E-state index in [-0.39, 0.29) is 18.0 Å². The second-order valence-corrected chi connectivity index (χ2v) is 5.29. The van der Waals surface area contributed by atoms with E-state index in [9.17, 15) is 19.7 Å². The Balaban J connectivity index is 1.61. The van der Waals surface area contributed by atoms with Crippen LogP contribution in [0, 0.1) is 17.0 Å². The summed E-state index contributed by atoms with van der Waals surface area (Å²) >= 11 is 0. The fraction of sp³-hybridized carbons (Fsp3) is 0.222. The number of carbonyl (C=O) groups is 2. The first-order valence-corrected chi connectivity index (χ1v) is 7.82. The molecule has 0 aliphatic carbocycles. The third-order valence-electron chi connectivity index (χ3n) is 3.22. The summed E-state index contributed by atoms with van der Waals surface area (Å²) in [6, 6.07) is 12.3. The van der Waals surface area contributed by atoms with E-state index in [0.717, 1.165) is 5.56 Å². The van der Waals surface area contributed by atoms with Gasteiger partial charge in [-0.2, -0.15) is 0 Å². The van der Waals surface area contributed by atoms with Crippen LogP contribution in [-0.2, 0) is 19.1 Å². The van der Waals surface area contributed by atoms with Crippen LogP contribution in [0.4, 0.5) is 5.69 Å². The Bertz CT molecular complexity index is 786. The van der Waals surface area contributed by atoms with Gasteiger partial charge in [0, 0.05) is 12.1 Å². The molecule has 0 saturated heterocycles. The zero-order chi connectivity index (χ0) is 19.6. The molecule has 0 unspecified atom stereocenters. The summed E-state index contributed by atoms with van der Waals surface area (Å²) in [5, 5.41) is 10.5. The van der Waals surface area contributed by atoms with E-state index in [4.69, 9.17) is 18.9 Å². The van der Waals surface area contributed by atoms with Gasteiger partial charge in [-0.1, -0.05) is 17.7 Å². The van der Waals surface area contributed by atoms with Crippen molar-refractivity contribution in [2.45, 2.75) is 6.92 Å². The maximum atomic E-state index is 11.5. The van der Waals surface area contributed by atoms with E-state index in [1.807, 2.05) is 19.1 Å². The van der Waals surface area contributed by atoms with E-state index < -0.39 is 30.3 Å². The summed E-state index contributed by atoms with van der Waals surface area (Å²) in [6.07, 6.45) is 0. The molecule has 0 heterocycles. The standard InChI is InChI=1S/C18H17NO8/c1-13-2-6-15(7-3-13)24-10-17(20)26-12-27-18(21)11-25-16-8-4-14(5-9-16)19(22)23/h2-9H,10-12H2,1H3. The van der Waals surface area contributed by atoms with Crippen LogP contribution in [0.5, 0.6) is 11.5 Å². The van der Waals surface area contributed by atoms with E-state index in [2.05, 4.69) is 0 Å². The van der Waals surface area contributed by atoms with Gasteiger partial charge in [-0.25, -0.2) is 9.59 Å². The van der Waals surface area contributed by atoms with Crippen LogP contribution >= 0.6 is 0 Å². The van der Waals surface area contributed by atoms with Gasteiger partial charge >= 0.3 is 11.9 Å². The number of nitro groups is 1. The van der Waals surface area contributed by atoms with Crippen molar-refractivity contribution in [2.24, 2.45) is 0 Å². The Labute approximate surface area is 154 Å². The number of nitrogens with zero attached hydrogens (tertiary/aromatic N) is 1. The van der Waals surface area contributed by atoms with Gasteiger partial charge in [0.05, 0.1) is 4.92 Å². The smallest absolute Gasteiger partial charge is 0.347 e. The summed E-state index contributed by atoms with van der Waals surface area (Å²) in [7, 11) is 0. The number of non-ortho nitro benzene ring substituents is 1. The van der Waals surface area contributed by atoms with Crippen LogP contribution in [0.25, 0.3) is 0 Å². The minimum absolute atomic E-state index is 0.0929. The van der Waals surface area contributed by atoms with Gasteiger partial charge in [-0.15, -0.1) is 0 Å². The van der Waals surface area contributed by atoms with Crippen molar-refractivity contribution in [3.63, 3.8) is 0 Å². The first-order valence-electron chi connectivity index (χ1n) is 7.82. The molecule has 0 amide bonds. The molecular formula is C18H17NO8. The van der Waals surface area contributed by atoms with Crippen molar-refractivity contribution < 1.29 is 33.5 Å². The maximum Gasteiger partial charge on any atom is 0.347 e. The fourth-order valence-corrected chi connectivity index (χ4v) is 1.83. The summed E-state index contributed by atoms with van der Waals surface area (Å²) in [6.45, 7) is 0.603. The number of nitro benzene ring substituents is 1. The molecule has 2 rings (SSSR count). The molecule has 2 aromatic rings. The molecule has 0 fully saturated rings. The number of ether oxygens (including phenoxy) is 4. The van der Waals surface area contributed by atoms with Gasteiger partial charge < -0.3 is 18.9 Å². The van der Waals surface area contributed by atoms with Gasteiger partial charge in [-0.3, -0.25) is 10.1 Å². The van der Waals surface area contributed by atoms with Gasteiger partial charge in [-0.05, 0) is 31.2 Å². The van der Waals surface area contributed by atoms with Crippen LogP contribution in [0.1, 0.15) is 5.56 Å². The number of carbonyl (C=O) groups excluding carboxylic acids is 2. The highest BCUT2D eigenvalue weighted by Crippen LogP contribution is 2.17. The van der Waals surface area contributed by atoms with E-state index in [1.54, 1.807) is 12.1 Å². The van der Waals surface area contributed by atoms with Crippen LogP contribution in [0.15, 0.2) is 48.5 Å². The Morgan fingerprint density at radius 1 is 0.852 bits per heavy atom. The first-order chi connectivity index (χ1) is 12.9. The topological polar surface area (TPSA) is 114 Å². The van der Waals surface area contributed by atoms with Crippen molar-refractivity contribution in [2.75, 3.05) is 20.0 Å². The predicted molar refractivity (Wildman–Crippen MR) is 92.3 cm³/mol. The number of aryl methyl sites for hydroxylation is 1. The molecule has 0 aliphatic rings. The van der Waals surface area contributed by atoms with Crippen molar-refractivity contribution in [3.8, 4) is 11.5 Å². The number of benzene rings is 2. The fourth-order valence-electron chi connectivity index (χ4n) is 1.83. The lowest BCUT2D eigenvalue weighted by atomic mass is 10.2. The van der Waals surface area contributed by atoms with Gasteiger partial charge in [0.15, 0.2) is 13.2 Å². The highest BCUT2D eigenvalue weighted by atomic mass is 16.7. The van der Waals surface area contributed by atoms with E-state index in [0.29, 0.717) is 5.75 Å². The number of esters is 2. The van der Waals surface area contributed by atoms with Crippen molar-refractivity contribution in [1.82, 2.24) is 0 Å². The van der Waals surface area contributed by atoms with Crippen LogP contribution in [0.3, 0.4) is 0 Å². The second-order valence-electron chi connectivity index (χ2n) is 5.29. The molecule has 0 bridgehead atoms. The molecule has 0 saturated carbocycles. The normalized spacial score (nSPS) is 9.96. The van der Waals surface area contributed by atoms with Crippen LogP contribution in [-0.4, -0.2) is 36.9 Å². The molecule has 0 aromatic heterocycles. The Morgan fingerprint density at radius 3 is 1.74 bits per heavy atom. The molecule has 0 aliphatic heterocycles. The maximum absolute atomic E-state index is 11.5. The quantitative estimate of drug-likeness (QED) is 0.284. The second kappa shape index (κ2) is 9.76. The number of rotatable bonds is 9. The largest absolute Gasteiger partial charge is 0.482 e. The molecule has 0 radical (unpaired) electrons. The number of hydrogen-bond acceptors (Lipinski definition) is 8. The monoisotopic (exact) mass is 375 g/mol. The highest BCUT2D eigenvalue weighted by molar-refractivity contribution is 5.72. The number of hydrogen-bond donors (Lipinski definition) is 0. The first kappa shape index (κ1) is 19.7. The van der Waals surface area contributed by atoms with E-state index in [1.165, 1.54) is 24.3 Å². The zero-order valence-corrected chi connectivity index (χ0v) is 14.5. The Hall–Kier alpha value is -3.62. The minimum atomic E-state index is -0.763. The Kier molecular flexibility index (Phi) is 7.12. The van der Waals surface area contributed by atoms with Crippen LogP contribution < -0.4 is 9.47 Å². The summed E-state index contributed by atoms with van der Waals surface area (Å²) in [5.41, 5.74) is 0.970. The third-order valence-corrected chi connectivity index (χ3v) is 3.22. The summed E-state index contributed by atoms with van der Waals surface area (Å²) in [4.78, 5) is 33.0. The van der Waals surface area contributed by atoms with Gasteiger partial charge in [0.2, 0.25) is 6.79 Å². The minimum Gasteiger partial charge on any atom is -0.482 e. The molecule has 27 heavy (non-hydrogen) atoms. The average Bonchev–Trinajstić information content (AvgIpc) is 2.66. The molecule has 2 aromatic carbocycles. The lowest BCUT2D eigenvalue weighted by Gasteiger charge is -2.09. The Morgan fingerprint density at radius 2 is 1.30 bits per heavy atom. The molecule has 0 atom stereocenters. The summed E-state index contributed by atoms with van der Waals surface area (Å²) in [5.74, 6) is -0.674. The summed E-state index contributed by atoms with van der Waals surface area (Å²) < 4.78 is 19.7. The van der Waals surface area contributed by atoms with Gasteiger partial charge in [0.1, 0.15) is 11.5 Å². The lowest BCUT2D eigenvalue weighted by Crippen LogP contribution is -2.21. The third kappa shape index (κ3) is 7.02. The van der Waals surface area contributed by atoms with E-state index >= 15 is 0 Å². The average molecular weight is 375 g/mol. The lowest BCUT2D eigenvalue weighted by molar-refractivity contribution is -0.384. The van der Waals surface area contributed by atoms with Crippen LogP contribution in [0.2, 0.25) is 0 Å². The molecule has 142 valence electrons. The highest BCUT2D eigenvalue weighted by Gasteiger charge is 2.09. The van der Waals surface area contributed by atoms with Crippen molar-refractivity contribution in [3.05, 3.63) is 64.2 Å². The zero-order valence-electron chi connectivity index (χ0n) is 14.5. The molecule has 0 N–H and O–H groups in total. The predicted octanol–water partition coefficient (Wildman–Crippen LogP) is 2.40. The molecule has 9 nitrogen and oxygen atoms in total. The molecule has 9 heteroatoms. The van der Waals surface area contributed by atoms with Crippen molar-refractivity contribution in [1.29, 1.82) is 0 Å². The molecule has 0 spiro atoms. The SMILES string of the molecule is Cc1ccc(OCC(=O)OCOC(=O)COc2ccc([N+](=O)[O-])cc2)cc1. The van der Waals surface area contributed by atoms with Crippen molar-refractivity contribution >= 4 is 17.6 Å².